The van der Waals surface area contributed by atoms with Gasteiger partial charge < -0.3 is 4.74 Å². The van der Waals surface area contributed by atoms with Crippen molar-refractivity contribution in [2.75, 3.05) is 0 Å². The van der Waals surface area contributed by atoms with Crippen molar-refractivity contribution in [2.24, 2.45) is 34.5 Å². The number of ether oxygens (including phenoxy) is 1. The average Bonchev–Trinajstić information content (AvgIpc) is 2.83. The lowest BCUT2D eigenvalue weighted by molar-refractivity contribution is -0.160. The van der Waals surface area contributed by atoms with E-state index >= 15 is 0 Å². The normalized spacial score (nSPS) is 50.6. The van der Waals surface area contributed by atoms with E-state index in [9.17, 15) is 9.59 Å². The van der Waals surface area contributed by atoms with E-state index in [1.807, 2.05) is 0 Å². The molecule has 3 nitrogen and oxygen atoms in total. The molecule has 0 saturated heterocycles. The summed E-state index contributed by atoms with van der Waals surface area (Å²) < 4.78 is 5.54. The quantitative estimate of drug-likeness (QED) is 0.663. The van der Waals surface area contributed by atoms with Gasteiger partial charge in [-0.1, -0.05) is 13.8 Å². The Labute approximate surface area is 145 Å². The van der Waals surface area contributed by atoms with Crippen molar-refractivity contribution in [2.45, 2.75) is 84.7 Å². The number of hydrogen-bond acceptors (Lipinski definition) is 3. The van der Waals surface area contributed by atoms with Gasteiger partial charge in [0.1, 0.15) is 11.9 Å². The summed E-state index contributed by atoms with van der Waals surface area (Å²) in [7, 11) is 0. The molecule has 4 aliphatic rings. The van der Waals surface area contributed by atoms with Crippen LogP contribution in [0, 0.1) is 34.5 Å². The van der Waals surface area contributed by atoms with Crippen LogP contribution in [0.2, 0.25) is 0 Å². The molecule has 0 spiro atoms. The summed E-state index contributed by atoms with van der Waals surface area (Å²) in [5, 5.41) is 0. The van der Waals surface area contributed by atoms with Crippen LogP contribution >= 0.6 is 0 Å². The summed E-state index contributed by atoms with van der Waals surface area (Å²) in [5.74, 6) is 3.26. The lowest BCUT2D eigenvalue weighted by atomic mass is 9.45. The van der Waals surface area contributed by atoms with Crippen molar-refractivity contribution < 1.29 is 14.3 Å². The molecule has 4 fully saturated rings. The molecule has 0 aromatic rings. The largest absolute Gasteiger partial charge is 0.463 e. The van der Waals surface area contributed by atoms with E-state index in [4.69, 9.17) is 4.74 Å². The van der Waals surface area contributed by atoms with Gasteiger partial charge in [0.25, 0.3) is 0 Å². The van der Waals surface area contributed by atoms with Crippen LogP contribution in [0.5, 0.6) is 0 Å². The first-order chi connectivity index (χ1) is 11.3. The van der Waals surface area contributed by atoms with Crippen molar-refractivity contribution in [3.05, 3.63) is 0 Å². The Balaban J connectivity index is 1.54. The van der Waals surface area contributed by atoms with Crippen LogP contribution in [0.1, 0.15) is 78.6 Å². The molecule has 4 saturated carbocycles. The molecule has 0 radical (unpaired) electrons. The van der Waals surface area contributed by atoms with Crippen LogP contribution in [-0.2, 0) is 14.3 Å². The van der Waals surface area contributed by atoms with Crippen molar-refractivity contribution in [3.8, 4) is 0 Å². The van der Waals surface area contributed by atoms with Crippen LogP contribution in [-0.4, -0.2) is 17.9 Å². The minimum absolute atomic E-state index is 0.0146. The van der Waals surface area contributed by atoms with E-state index < -0.39 is 0 Å². The third kappa shape index (κ3) is 2.29. The van der Waals surface area contributed by atoms with Gasteiger partial charge in [-0.2, -0.15) is 0 Å². The highest BCUT2D eigenvalue weighted by atomic mass is 16.5. The topological polar surface area (TPSA) is 43.4 Å². The molecule has 0 amide bonds. The molecule has 0 aliphatic heterocycles. The first-order valence-corrected chi connectivity index (χ1v) is 10.0. The maximum Gasteiger partial charge on any atom is 0.302 e. The number of esters is 1. The Morgan fingerprint density at radius 3 is 2.58 bits per heavy atom. The number of carbonyl (C=O) groups excluding carboxylic acids is 2. The summed E-state index contributed by atoms with van der Waals surface area (Å²) in [4.78, 5) is 23.8. The zero-order valence-electron chi connectivity index (χ0n) is 15.5. The van der Waals surface area contributed by atoms with Crippen LogP contribution in [0.3, 0.4) is 0 Å². The van der Waals surface area contributed by atoms with Crippen LogP contribution < -0.4 is 0 Å². The standard InChI is InChI=1S/C21H32O3/c1-13(22)24-15-8-10-20(2)14(12-15)4-5-16-17-6-7-19(23)21(17,3)11-9-18(16)20/h14-18H,4-12H2,1-3H3/t14-,15+,16-,17?,18?,20-,21-/m0/s1. The third-order valence-electron chi connectivity index (χ3n) is 8.66. The van der Waals surface area contributed by atoms with Crippen LogP contribution in [0.4, 0.5) is 0 Å². The number of rotatable bonds is 1. The molecule has 3 heteroatoms. The second kappa shape index (κ2) is 5.57. The van der Waals surface area contributed by atoms with E-state index in [1.54, 1.807) is 0 Å². The van der Waals surface area contributed by atoms with Crippen molar-refractivity contribution in [1.82, 2.24) is 0 Å². The van der Waals surface area contributed by atoms with Crippen molar-refractivity contribution in [3.63, 3.8) is 0 Å². The van der Waals surface area contributed by atoms with Gasteiger partial charge in [-0.05, 0) is 80.5 Å². The zero-order chi connectivity index (χ0) is 17.1. The van der Waals surface area contributed by atoms with E-state index in [-0.39, 0.29) is 17.5 Å². The monoisotopic (exact) mass is 332 g/mol. The Bertz CT molecular complexity index is 555. The fourth-order valence-corrected chi connectivity index (χ4v) is 7.33. The number of fused-ring (bicyclic) bond motifs is 5. The maximum absolute atomic E-state index is 12.5. The number of Topliss-reactive ketones (excluding diaryl/α,β-unsaturated/α-hetero) is 1. The van der Waals surface area contributed by atoms with E-state index in [0.29, 0.717) is 23.0 Å². The van der Waals surface area contributed by atoms with Gasteiger partial charge in [0.2, 0.25) is 0 Å². The summed E-state index contributed by atoms with van der Waals surface area (Å²) >= 11 is 0. The van der Waals surface area contributed by atoms with Crippen LogP contribution in [0.15, 0.2) is 0 Å². The minimum Gasteiger partial charge on any atom is -0.463 e. The number of ketones is 1. The van der Waals surface area contributed by atoms with Crippen molar-refractivity contribution in [1.29, 1.82) is 0 Å². The lowest BCUT2D eigenvalue weighted by Gasteiger charge is -2.60. The Kier molecular flexibility index (Phi) is 3.85. The second-order valence-electron chi connectivity index (χ2n) is 9.58. The molecular weight excluding hydrogens is 300 g/mol. The predicted molar refractivity (Wildman–Crippen MR) is 92.3 cm³/mol. The molecule has 0 aromatic heterocycles. The van der Waals surface area contributed by atoms with E-state index in [2.05, 4.69) is 13.8 Å². The molecule has 24 heavy (non-hydrogen) atoms. The minimum atomic E-state index is -0.129. The molecule has 4 rings (SSSR count). The molecule has 0 N–H and O–H groups in total. The lowest BCUT2D eigenvalue weighted by Crippen LogP contribution is -2.54. The molecular formula is C21H32O3. The summed E-state index contributed by atoms with van der Waals surface area (Å²) in [5.41, 5.74) is 0.381. The molecule has 0 heterocycles. The van der Waals surface area contributed by atoms with Gasteiger partial charge in [0.05, 0.1) is 0 Å². The Morgan fingerprint density at radius 2 is 1.83 bits per heavy atom. The smallest absolute Gasteiger partial charge is 0.302 e. The van der Waals surface area contributed by atoms with Gasteiger partial charge in [0, 0.05) is 18.8 Å². The summed E-state index contributed by atoms with van der Waals surface area (Å²) in [6, 6.07) is 0. The van der Waals surface area contributed by atoms with E-state index in [1.165, 1.54) is 32.6 Å². The SMILES string of the molecule is CC(=O)O[C@@H]1CC[C@]2(C)C3CC[C@]4(C)C(=O)CCC4[C@@H]3CC[C@H]2C1. The Morgan fingerprint density at radius 1 is 1.04 bits per heavy atom. The highest BCUT2D eigenvalue weighted by Crippen LogP contribution is 2.65. The fraction of sp³-hybridized carbons (Fsp3) is 0.905. The van der Waals surface area contributed by atoms with Gasteiger partial charge in [-0.3, -0.25) is 9.59 Å². The molecule has 134 valence electrons. The molecule has 0 bridgehead atoms. The zero-order valence-corrected chi connectivity index (χ0v) is 15.5. The third-order valence-corrected chi connectivity index (χ3v) is 8.66. The first kappa shape index (κ1) is 16.6. The predicted octanol–water partition coefficient (Wildman–Crippen LogP) is 4.53. The fourth-order valence-electron chi connectivity index (χ4n) is 7.33. The van der Waals surface area contributed by atoms with Crippen molar-refractivity contribution >= 4 is 11.8 Å². The maximum atomic E-state index is 12.5. The molecule has 0 aromatic carbocycles. The van der Waals surface area contributed by atoms with Gasteiger partial charge in [-0.15, -0.1) is 0 Å². The van der Waals surface area contributed by atoms with Gasteiger partial charge >= 0.3 is 5.97 Å². The number of hydrogen-bond donors (Lipinski definition) is 0. The Hall–Kier alpha value is -0.860. The second-order valence-corrected chi connectivity index (χ2v) is 9.58. The summed E-state index contributed by atoms with van der Waals surface area (Å²) in [6.45, 7) is 6.30. The van der Waals surface area contributed by atoms with Gasteiger partial charge in [0.15, 0.2) is 0 Å². The van der Waals surface area contributed by atoms with Crippen LogP contribution in [0.25, 0.3) is 0 Å². The highest BCUT2D eigenvalue weighted by molar-refractivity contribution is 5.87. The molecule has 4 aliphatic carbocycles. The average molecular weight is 332 g/mol. The van der Waals surface area contributed by atoms with Gasteiger partial charge in [-0.25, -0.2) is 0 Å². The molecule has 7 atom stereocenters. The molecule has 2 unspecified atom stereocenters. The summed E-state index contributed by atoms with van der Waals surface area (Å²) in [6.07, 6.45) is 10.2. The number of carbonyl (C=O) groups is 2. The highest BCUT2D eigenvalue weighted by Gasteiger charge is 2.60. The van der Waals surface area contributed by atoms with E-state index in [0.717, 1.165) is 43.9 Å². The first-order valence-electron chi connectivity index (χ1n) is 10.0.